The Morgan fingerprint density at radius 1 is 1.35 bits per heavy atom. The summed E-state index contributed by atoms with van der Waals surface area (Å²) in [6, 6.07) is 1.96. The second-order valence-corrected chi connectivity index (χ2v) is 8.05. The number of hydrogen-bond acceptors (Lipinski definition) is 6. The first-order valence-electron chi connectivity index (χ1n) is 9.78. The van der Waals surface area contributed by atoms with Gasteiger partial charge in [-0.1, -0.05) is 32.3 Å². The predicted octanol–water partition coefficient (Wildman–Crippen LogP) is 4.08. The third kappa shape index (κ3) is 3.47. The van der Waals surface area contributed by atoms with E-state index in [2.05, 4.69) is 41.2 Å². The van der Waals surface area contributed by atoms with Crippen molar-refractivity contribution >= 4 is 5.82 Å². The lowest BCUT2D eigenvalue weighted by Gasteiger charge is -2.36. The molecule has 0 aromatic carbocycles. The van der Waals surface area contributed by atoms with Gasteiger partial charge in [-0.05, 0) is 43.1 Å². The number of rotatable bonds is 5. The maximum Gasteiger partial charge on any atom is 0.252 e. The lowest BCUT2D eigenvalue weighted by molar-refractivity contribution is -0.0547. The molecule has 1 aliphatic heterocycles. The SMILES string of the molecule is CC1CCC(C(C)C)C(OCc2nc(-c3ccnc4c3CCN4)no2)C1. The van der Waals surface area contributed by atoms with E-state index >= 15 is 0 Å². The summed E-state index contributed by atoms with van der Waals surface area (Å²) in [5.74, 6) is 4.09. The van der Waals surface area contributed by atoms with Crippen LogP contribution in [0.2, 0.25) is 0 Å². The quantitative estimate of drug-likeness (QED) is 0.870. The molecule has 6 nitrogen and oxygen atoms in total. The Morgan fingerprint density at radius 2 is 2.23 bits per heavy atom. The van der Waals surface area contributed by atoms with E-state index < -0.39 is 0 Å². The highest BCUT2D eigenvalue weighted by atomic mass is 16.5. The van der Waals surface area contributed by atoms with E-state index in [9.17, 15) is 0 Å². The minimum absolute atomic E-state index is 0.281. The van der Waals surface area contributed by atoms with Crippen LogP contribution in [-0.2, 0) is 17.8 Å². The largest absolute Gasteiger partial charge is 0.369 e. The van der Waals surface area contributed by atoms with Crippen LogP contribution < -0.4 is 5.32 Å². The number of nitrogens with zero attached hydrogens (tertiary/aromatic N) is 3. The normalized spacial score (nSPS) is 25.3. The molecule has 1 fully saturated rings. The maximum atomic E-state index is 6.23. The molecule has 0 spiro atoms. The van der Waals surface area contributed by atoms with Gasteiger partial charge in [0.1, 0.15) is 12.4 Å². The molecule has 6 heteroatoms. The van der Waals surface area contributed by atoms with Crippen LogP contribution in [0.25, 0.3) is 11.4 Å². The number of anilines is 1. The van der Waals surface area contributed by atoms with Crippen molar-refractivity contribution in [3.63, 3.8) is 0 Å². The van der Waals surface area contributed by atoms with Gasteiger partial charge in [-0.15, -0.1) is 0 Å². The number of aromatic nitrogens is 3. The average molecular weight is 356 g/mol. The molecule has 26 heavy (non-hydrogen) atoms. The Kier molecular flexibility index (Phi) is 4.94. The molecule has 2 aromatic rings. The summed E-state index contributed by atoms with van der Waals surface area (Å²) >= 11 is 0. The Hall–Kier alpha value is -1.95. The van der Waals surface area contributed by atoms with Crippen LogP contribution in [0, 0.1) is 17.8 Å². The fourth-order valence-corrected chi connectivity index (χ4v) is 4.32. The van der Waals surface area contributed by atoms with Gasteiger partial charge in [0.05, 0.1) is 6.10 Å². The van der Waals surface area contributed by atoms with Gasteiger partial charge in [0.25, 0.3) is 5.89 Å². The zero-order valence-electron chi connectivity index (χ0n) is 15.9. The highest BCUT2D eigenvalue weighted by Gasteiger charge is 2.31. The number of ether oxygens (including phenoxy) is 1. The molecule has 4 rings (SSSR count). The predicted molar refractivity (Wildman–Crippen MR) is 99.6 cm³/mol. The summed E-state index contributed by atoms with van der Waals surface area (Å²) in [5.41, 5.74) is 2.17. The fourth-order valence-electron chi connectivity index (χ4n) is 4.32. The molecular formula is C20H28N4O2. The summed E-state index contributed by atoms with van der Waals surface area (Å²) in [4.78, 5) is 8.93. The molecule has 2 aromatic heterocycles. The van der Waals surface area contributed by atoms with Crippen LogP contribution in [0.3, 0.4) is 0 Å². The molecule has 1 N–H and O–H groups in total. The van der Waals surface area contributed by atoms with Crippen molar-refractivity contribution in [2.24, 2.45) is 17.8 Å². The fraction of sp³-hybridized carbons (Fsp3) is 0.650. The van der Waals surface area contributed by atoms with Crippen molar-refractivity contribution in [2.45, 2.75) is 59.2 Å². The van der Waals surface area contributed by atoms with Crippen molar-refractivity contribution in [3.8, 4) is 11.4 Å². The molecule has 3 unspecified atom stereocenters. The van der Waals surface area contributed by atoms with Gasteiger partial charge in [0, 0.05) is 23.9 Å². The monoisotopic (exact) mass is 356 g/mol. The van der Waals surface area contributed by atoms with Crippen LogP contribution in [0.15, 0.2) is 16.8 Å². The third-order valence-electron chi connectivity index (χ3n) is 5.81. The first kappa shape index (κ1) is 17.5. The standard InChI is InChI=1S/C20H28N4O2/c1-12(2)14-5-4-13(3)10-17(14)25-11-18-23-20(24-26-18)16-7-9-22-19-15(16)6-8-21-19/h7,9,12-14,17H,4-6,8,10-11H2,1-3H3,(H,21,22). The number of hydrogen-bond donors (Lipinski definition) is 1. The number of pyridine rings is 1. The average Bonchev–Trinajstić information content (AvgIpc) is 3.28. The van der Waals surface area contributed by atoms with E-state index in [0.717, 1.165) is 36.7 Å². The summed E-state index contributed by atoms with van der Waals surface area (Å²) in [6.45, 7) is 8.19. The molecule has 3 atom stereocenters. The van der Waals surface area contributed by atoms with Crippen molar-refractivity contribution in [3.05, 3.63) is 23.7 Å². The van der Waals surface area contributed by atoms with Crippen molar-refractivity contribution in [1.29, 1.82) is 0 Å². The van der Waals surface area contributed by atoms with Gasteiger partial charge in [-0.3, -0.25) is 0 Å². The molecule has 0 saturated heterocycles. The Labute approximate surface area is 154 Å². The first-order valence-corrected chi connectivity index (χ1v) is 9.78. The zero-order valence-corrected chi connectivity index (χ0v) is 15.9. The molecule has 0 bridgehead atoms. The Bertz CT molecular complexity index is 758. The highest BCUT2D eigenvalue weighted by Crippen LogP contribution is 2.36. The van der Waals surface area contributed by atoms with E-state index in [1.807, 2.05) is 6.07 Å². The minimum Gasteiger partial charge on any atom is -0.369 e. The van der Waals surface area contributed by atoms with Crippen LogP contribution in [0.1, 0.15) is 51.5 Å². The summed E-state index contributed by atoms with van der Waals surface area (Å²) in [5, 5.41) is 7.46. The van der Waals surface area contributed by atoms with Gasteiger partial charge >= 0.3 is 0 Å². The van der Waals surface area contributed by atoms with E-state index in [-0.39, 0.29) is 6.10 Å². The van der Waals surface area contributed by atoms with Crippen LogP contribution in [0.4, 0.5) is 5.82 Å². The molecular weight excluding hydrogens is 328 g/mol. The molecule has 3 heterocycles. The number of nitrogens with one attached hydrogen (secondary N) is 1. The summed E-state index contributed by atoms with van der Waals surface area (Å²) in [6.07, 6.45) is 6.67. The topological polar surface area (TPSA) is 73.1 Å². The Balaban J connectivity index is 1.45. The molecule has 1 aliphatic carbocycles. The molecule has 1 saturated carbocycles. The van der Waals surface area contributed by atoms with Crippen molar-refractivity contribution < 1.29 is 9.26 Å². The smallest absolute Gasteiger partial charge is 0.252 e. The lowest BCUT2D eigenvalue weighted by atomic mass is 9.75. The van der Waals surface area contributed by atoms with Gasteiger partial charge in [-0.2, -0.15) is 4.98 Å². The second kappa shape index (κ2) is 7.35. The summed E-state index contributed by atoms with van der Waals surface area (Å²) < 4.78 is 11.7. The van der Waals surface area contributed by atoms with E-state index in [4.69, 9.17) is 9.26 Å². The van der Waals surface area contributed by atoms with Crippen molar-refractivity contribution in [1.82, 2.24) is 15.1 Å². The van der Waals surface area contributed by atoms with Crippen LogP contribution in [-0.4, -0.2) is 27.8 Å². The molecule has 0 radical (unpaired) electrons. The van der Waals surface area contributed by atoms with Crippen LogP contribution >= 0.6 is 0 Å². The lowest BCUT2D eigenvalue weighted by Crippen LogP contribution is -2.34. The van der Waals surface area contributed by atoms with Gasteiger partial charge in [0.2, 0.25) is 5.82 Å². The molecule has 140 valence electrons. The Morgan fingerprint density at radius 3 is 3.08 bits per heavy atom. The summed E-state index contributed by atoms with van der Waals surface area (Å²) in [7, 11) is 0. The van der Waals surface area contributed by atoms with E-state index in [0.29, 0.717) is 30.2 Å². The minimum atomic E-state index is 0.281. The highest BCUT2D eigenvalue weighted by molar-refractivity contribution is 5.68. The van der Waals surface area contributed by atoms with Gasteiger partial charge < -0.3 is 14.6 Å². The van der Waals surface area contributed by atoms with Crippen LogP contribution in [0.5, 0.6) is 0 Å². The van der Waals surface area contributed by atoms with Gasteiger partial charge in [0.15, 0.2) is 0 Å². The zero-order chi connectivity index (χ0) is 18.1. The van der Waals surface area contributed by atoms with Gasteiger partial charge in [-0.25, -0.2) is 4.98 Å². The third-order valence-corrected chi connectivity index (χ3v) is 5.81. The van der Waals surface area contributed by atoms with E-state index in [1.165, 1.54) is 18.4 Å². The second-order valence-electron chi connectivity index (χ2n) is 8.05. The molecule has 0 amide bonds. The maximum absolute atomic E-state index is 6.23. The van der Waals surface area contributed by atoms with Crippen molar-refractivity contribution in [2.75, 3.05) is 11.9 Å². The first-order chi connectivity index (χ1) is 12.6. The number of fused-ring (bicyclic) bond motifs is 1. The van der Waals surface area contributed by atoms with E-state index in [1.54, 1.807) is 6.20 Å². The molecule has 2 aliphatic rings.